The number of rotatable bonds is 2. The monoisotopic (exact) mass is 258 g/mol. The third-order valence-corrected chi connectivity index (χ3v) is 2.59. The Balaban J connectivity index is 2.89. The van der Waals surface area contributed by atoms with E-state index in [1.165, 1.54) is 12.1 Å². The first kappa shape index (κ1) is 13.9. The third kappa shape index (κ3) is 4.30. The van der Waals surface area contributed by atoms with Crippen LogP contribution in [-0.2, 0) is 14.5 Å². The average molecular weight is 258 g/mol. The Labute approximate surface area is 99.7 Å². The summed E-state index contributed by atoms with van der Waals surface area (Å²) in [6.07, 6.45) is 0. The number of phosphoric acid groups is 1. The Morgan fingerprint density at radius 3 is 2.00 bits per heavy atom. The van der Waals surface area contributed by atoms with E-state index in [4.69, 9.17) is 9.79 Å². The molecule has 0 saturated carbocycles. The van der Waals surface area contributed by atoms with Gasteiger partial charge in [0.25, 0.3) is 0 Å². The first-order chi connectivity index (χ1) is 7.59. The summed E-state index contributed by atoms with van der Waals surface area (Å²) in [5.74, 6) is -1.03. The molecule has 0 saturated heterocycles. The molecule has 1 aromatic rings. The second kappa shape index (κ2) is 4.61. The SMILES string of the molecule is CC(C)(C)c1ccc(C(=O)OP(=O)(O)O)cc1. The van der Waals surface area contributed by atoms with Gasteiger partial charge in [0.05, 0.1) is 5.56 Å². The number of phosphoric ester groups is 1. The summed E-state index contributed by atoms with van der Waals surface area (Å²) in [4.78, 5) is 28.3. The molecule has 0 atom stereocenters. The van der Waals surface area contributed by atoms with Gasteiger partial charge in [-0.25, -0.2) is 9.36 Å². The van der Waals surface area contributed by atoms with Crippen molar-refractivity contribution in [2.45, 2.75) is 26.2 Å². The Bertz CT molecular complexity index is 452. The molecule has 17 heavy (non-hydrogen) atoms. The maximum atomic E-state index is 11.3. The first-order valence-corrected chi connectivity index (χ1v) is 6.53. The Morgan fingerprint density at radius 1 is 1.18 bits per heavy atom. The molecule has 6 heteroatoms. The van der Waals surface area contributed by atoms with Crippen molar-refractivity contribution >= 4 is 13.8 Å². The van der Waals surface area contributed by atoms with E-state index in [0.29, 0.717) is 0 Å². The molecule has 0 bridgehead atoms. The third-order valence-electron chi connectivity index (χ3n) is 2.19. The van der Waals surface area contributed by atoms with Crippen LogP contribution in [0.4, 0.5) is 0 Å². The molecule has 0 fully saturated rings. The van der Waals surface area contributed by atoms with Gasteiger partial charge in [0, 0.05) is 0 Å². The van der Waals surface area contributed by atoms with E-state index in [1.54, 1.807) is 12.1 Å². The molecule has 0 aliphatic rings. The Kier molecular flexibility index (Phi) is 3.77. The fraction of sp³-hybridized carbons (Fsp3) is 0.364. The molecule has 94 valence electrons. The fourth-order valence-corrected chi connectivity index (χ4v) is 1.59. The first-order valence-electron chi connectivity index (χ1n) is 4.99. The fourth-order valence-electron chi connectivity index (χ4n) is 1.27. The standard InChI is InChI=1S/C11H15O5P/c1-11(2,3)9-6-4-8(5-7-9)10(12)16-17(13,14)15/h4-7H,1-3H3,(H2,13,14,15). The summed E-state index contributed by atoms with van der Waals surface area (Å²) in [5, 5.41) is 0. The van der Waals surface area contributed by atoms with E-state index in [-0.39, 0.29) is 11.0 Å². The van der Waals surface area contributed by atoms with E-state index in [1.807, 2.05) is 20.8 Å². The highest BCUT2D eigenvalue weighted by atomic mass is 31.2. The zero-order valence-electron chi connectivity index (χ0n) is 9.88. The van der Waals surface area contributed by atoms with Crippen LogP contribution in [0, 0.1) is 0 Å². The normalized spacial score (nSPS) is 12.3. The van der Waals surface area contributed by atoms with Crippen molar-refractivity contribution in [3.63, 3.8) is 0 Å². The second-order valence-corrected chi connectivity index (χ2v) is 5.86. The highest BCUT2D eigenvalue weighted by Crippen LogP contribution is 2.37. The number of carbonyl (C=O) groups is 1. The highest BCUT2D eigenvalue weighted by molar-refractivity contribution is 7.46. The summed E-state index contributed by atoms with van der Waals surface area (Å²) < 4.78 is 14.5. The number of benzene rings is 1. The number of hydrogen-bond donors (Lipinski definition) is 2. The van der Waals surface area contributed by atoms with E-state index in [0.717, 1.165) is 5.56 Å². The van der Waals surface area contributed by atoms with Crippen LogP contribution >= 0.6 is 7.82 Å². The zero-order valence-corrected chi connectivity index (χ0v) is 10.8. The van der Waals surface area contributed by atoms with Gasteiger partial charge < -0.3 is 4.52 Å². The maximum absolute atomic E-state index is 11.3. The Morgan fingerprint density at radius 2 is 1.65 bits per heavy atom. The lowest BCUT2D eigenvalue weighted by molar-refractivity contribution is 0.0678. The quantitative estimate of drug-likeness (QED) is 0.795. The van der Waals surface area contributed by atoms with Gasteiger partial charge >= 0.3 is 13.8 Å². The van der Waals surface area contributed by atoms with Crippen molar-refractivity contribution in [2.75, 3.05) is 0 Å². The highest BCUT2D eigenvalue weighted by Gasteiger charge is 2.22. The molecule has 0 aromatic heterocycles. The van der Waals surface area contributed by atoms with Gasteiger partial charge in [-0.3, -0.25) is 9.79 Å². The van der Waals surface area contributed by atoms with Crippen LogP contribution in [0.25, 0.3) is 0 Å². The molecule has 0 radical (unpaired) electrons. The van der Waals surface area contributed by atoms with E-state index >= 15 is 0 Å². The molecular formula is C11H15O5P. The van der Waals surface area contributed by atoms with Gasteiger partial charge in [-0.1, -0.05) is 32.9 Å². The van der Waals surface area contributed by atoms with Crippen molar-refractivity contribution in [1.82, 2.24) is 0 Å². The summed E-state index contributed by atoms with van der Waals surface area (Å²) >= 11 is 0. The van der Waals surface area contributed by atoms with Crippen molar-refractivity contribution in [3.05, 3.63) is 35.4 Å². The van der Waals surface area contributed by atoms with Gasteiger partial charge in [0.15, 0.2) is 0 Å². The van der Waals surface area contributed by atoms with Crippen LogP contribution in [0.5, 0.6) is 0 Å². The molecule has 0 aliphatic heterocycles. The molecule has 1 rings (SSSR count). The molecular weight excluding hydrogens is 243 g/mol. The molecule has 0 spiro atoms. The second-order valence-electron chi connectivity index (χ2n) is 4.70. The maximum Gasteiger partial charge on any atom is 0.527 e. The van der Waals surface area contributed by atoms with Crippen LogP contribution in [0.3, 0.4) is 0 Å². The van der Waals surface area contributed by atoms with Crippen molar-refractivity contribution < 1.29 is 23.7 Å². The molecule has 0 amide bonds. The number of carbonyl (C=O) groups excluding carboxylic acids is 1. The largest absolute Gasteiger partial charge is 0.527 e. The molecule has 0 unspecified atom stereocenters. The van der Waals surface area contributed by atoms with Gasteiger partial charge in [0.2, 0.25) is 0 Å². The summed E-state index contributed by atoms with van der Waals surface area (Å²) in [6, 6.07) is 6.43. The molecule has 0 aliphatic carbocycles. The topological polar surface area (TPSA) is 83.8 Å². The van der Waals surface area contributed by atoms with Crippen LogP contribution in [0.1, 0.15) is 36.7 Å². The van der Waals surface area contributed by atoms with Gasteiger partial charge in [-0.05, 0) is 23.1 Å². The van der Waals surface area contributed by atoms with Crippen LogP contribution in [0.15, 0.2) is 24.3 Å². The van der Waals surface area contributed by atoms with E-state index < -0.39 is 13.8 Å². The number of hydrogen-bond acceptors (Lipinski definition) is 3. The average Bonchev–Trinajstić information content (AvgIpc) is 2.14. The van der Waals surface area contributed by atoms with E-state index in [2.05, 4.69) is 4.52 Å². The lowest BCUT2D eigenvalue weighted by Crippen LogP contribution is -2.11. The summed E-state index contributed by atoms with van der Waals surface area (Å²) in [7, 11) is -4.78. The summed E-state index contributed by atoms with van der Waals surface area (Å²) in [6.45, 7) is 6.07. The molecule has 1 aromatic carbocycles. The zero-order chi connectivity index (χ0) is 13.3. The molecule has 0 heterocycles. The van der Waals surface area contributed by atoms with Crippen LogP contribution in [-0.4, -0.2) is 15.8 Å². The van der Waals surface area contributed by atoms with Crippen LogP contribution in [0.2, 0.25) is 0 Å². The predicted molar refractivity (Wildman–Crippen MR) is 62.6 cm³/mol. The molecule has 5 nitrogen and oxygen atoms in total. The van der Waals surface area contributed by atoms with Gasteiger partial charge in [-0.2, -0.15) is 0 Å². The molecule has 2 N–H and O–H groups in total. The Hall–Kier alpha value is -1.16. The minimum atomic E-state index is -4.78. The lowest BCUT2D eigenvalue weighted by Gasteiger charge is -2.18. The van der Waals surface area contributed by atoms with Crippen LogP contribution < -0.4 is 0 Å². The van der Waals surface area contributed by atoms with Crippen molar-refractivity contribution in [2.24, 2.45) is 0 Å². The smallest absolute Gasteiger partial charge is 0.367 e. The van der Waals surface area contributed by atoms with Crippen molar-refractivity contribution in [3.8, 4) is 0 Å². The minimum Gasteiger partial charge on any atom is -0.367 e. The van der Waals surface area contributed by atoms with Gasteiger partial charge in [-0.15, -0.1) is 0 Å². The minimum absolute atomic E-state index is 0.0499. The van der Waals surface area contributed by atoms with E-state index in [9.17, 15) is 9.36 Å². The van der Waals surface area contributed by atoms with Crippen molar-refractivity contribution in [1.29, 1.82) is 0 Å². The predicted octanol–water partition coefficient (Wildman–Crippen LogP) is 2.23. The van der Waals surface area contributed by atoms with Gasteiger partial charge in [0.1, 0.15) is 0 Å². The lowest BCUT2D eigenvalue weighted by atomic mass is 9.87. The summed E-state index contributed by atoms with van der Waals surface area (Å²) in [5.41, 5.74) is 1.08.